The lowest BCUT2D eigenvalue weighted by atomic mass is 9.76. The summed E-state index contributed by atoms with van der Waals surface area (Å²) in [5.74, 6) is 1.43. The zero-order valence-electron chi connectivity index (χ0n) is 8.96. The van der Waals surface area contributed by atoms with Crippen LogP contribution in [0.25, 0.3) is 0 Å². The van der Waals surface area contributed by atoms with E-state index in [1.54, 1.807) is 6.33 Å². The second-order valence-corrected chi connectivity index (χ2v) is 4.39. The van der Waals surface area contributed by atoms with E-state index in [0.29, 0.717) is 12.0 Å². The predicted octanol–water partition coefficient (Wildman–Crippen LogP) is 1.90. The summed E-state index contributed by atoms with van der Waals surface area (Å²) in [5, 5.41) is 3.37. The van der Waals surface area contributed by atoms with Crippen molar-refractivity contribution in [3.63, 3.8) is 0 Å². The molecule has 0 aromatic carbocycles. The largest absolute Gasteiger partial charge is 0.348 e. The number of hydrogen-bond acceptors (Lipinski definition) is 2. The fourth-order valence-corrected chi connectivity index (χ4v) is 2.59. The Morgan fingerprint density at radius 2 is 2.36 bits per heavy atom. The average molecular weight is 193 g/mol. The molecule has 78 valence electrons. The van der Waals surface area contributed by atoms with Crippen LogP contribution in [0.15, 0.2) is 12.5 Å². The van der Waals surface area contributed by atoms with Crippen molar-refractivity contribution in [3.8, 4) is 0 Å². The smallest absolute Gasteiger partial charge is 0.0921 e. The quantitative estimate of drug-likeness (QED) is 0.753. The summed E-state index contributed by atoms with van der Waals surface area (Å²) in [6, 6.07) is 0.712. The van der Waals surface area contributed by atoms with Crippen LogP contribution in [0.4, 0.5) is 0 Å². The Bertz CT molecular complexity index is 268. The van der Waals surface area contributed by atoms with Crippen molar-refractivity contribution in [1.82, 2.24) is 15.3 Å². The topological polar surface area (TPSA) is 40.7 Å². The highest BCUT2D eigenvalue weighted by Crippen LogP contribution is 2.36. The molecule has 2 rings (SSSR count). The first-order valence-corrected chi connectivity index (χ1v) is 5.46. The first-order chi connectivity index (χ1) is 6.81. The van der Waals surface area contributed by atoms with Crippen LogP contribution in [-0.2, 0) is 0 Å². The highest BCUT2D eigenvalue weighted by molar-refractivity contribution is 5.07. The van der Waals surface area contributed by atoms with Gasteiger partial charge in [0.15, 0.2) is 0 Å². The molecule has 1 heterocycles. The van der Waals surface area contributed by atoms with E-state index >= 15 is 0 Å². The molecule has 14 heavy (non-hydrogen) atoms. The molecule has 0 saturated heterocycles. The first-order valence-electron chi connectivity index (χ1n) is 5.46. The van der Waals surface area contributed by atoms with Crippen LogP contribution in [0.2, 0.25) is 0 Å². The van der Waals surface area contributed by atoms with E-state index in [4.69, 9.17) is 0 Å². The second-order valence-electron chi connectivity index (χ2n) is 4.39. The fraction of sp³-hybridized carbons (Fsp3) is 0.727. The molecule has 1 aliphatic rings. The molecule has 1 saturated carbocycles. The van der Waals surface area contributed by atoms with Gasteiger partial charge in [0.2, 0.25) is 0 Å². The third kappa shape index (κ3) is 1.82. The molecule has 3 nitrogen and oxygen atoms in total. The number of aromatic amines is 1. The highest BCUT2D eigenvalue weighted by Gasteiger charge is 2.28. The van der Waals surface area contributed by atoms with Gasteiger partial charge in [0, 0.05) is 23.9 Å². The van der Waals surface area contributed by atoms with Gasteiger partial charge >= 0.3 is 0 Å². The van der Waals surface area contributed by atoms with Crippen LogP contribution in [0, 0.1) is 5.92 Å². The Morgan fingerprint density at radius 3 is 2.93 bits per heavy atom. The molecular formula is C11H19N3. The maximum absolute atomic E-state index is 4.10. The maximum atomic E-state index is 4.10. The first kappa shape index (κ1) is 9.71. The fourth-order valence-electron chi connectivity index (χ4n) is 2.59. The number of nitrogens with one attached hydrogen (secondary N) is 2. The van der Waals surface area contributed by atoms with Crippen molar-refractivity contribution in [2.45, 2.75) is 38.1 Å². The van der Waals surface area contributed by atoms with E-state index in [0.717, 1.165) is 5.92 Å². The lowest BCUT2D eigenvalue weighted by molar-refractivity contribution is 0.271. The molecule has 1 aliphatic carbocycles. The lowest BCUT2D eigenvalue weighted by Gasteiger charge is -2.33. The lowest BCUT2D eigenvalue weighted by Crippen LogP contribution is -2.33. The molecule has 3 unspecified atom stereocenters. The SMILES string of the molecule is CNC1CCC(c2cnc[nH]2)C(C)C1. The highest BCUT2D eigenvalue weighted by atomic mass is 14.9. The van der Waals surface area contributed by atoms with Gasteiger partial charge in [0.1, 0.15) is 0 Å². The molecule has 0 spiro atoms. The molecule has 3 heteroatoms. The van der Waals surface area contributed by atoms with Crippen molar-refractivity contribution in [2.75, 3.05) is 7.05 Å². The second kappa shape index (κ2) is 4.13. The van der Waals surface area contributed by atoms with Crippen LogP contribution in [0.3, 0.4) is 0 Å². The Kier molecular flexibility index (Phi) is 2.87. The molecule has 0 bridgehead atoms. The van der Waals surface area contributed by atoms with Crippen LogP contribution in [0.1, 0.15) is 37.8 Å². The van der Waals surface area contributed by atoms with Crippen LogP contribution in [0.5, 0.6) is 0 Å². The normalized spacial score (nSPS) is 33.1. The van der Waals surface area contributed by atoms with E-state index in [1.165, 1.54) is 25.0 Å². The monoisotopic (exact) mass is 193 g/mol. The maximum Gasteiger partial charge on any atom is 0.0921 e. The third-order valence-electron chi connectivity index (χ3n) is 3.50. The van der Waals surface area contributed by atoms with Gasteiger partial charge in [-0.2, -0.15) is 0 Å². The van der Waals surface area contributed by atoms with Crippen molar-refractivity contribution >= 4 is 0 Å². The Morgan fingerprint density at radius 1 is 1.50 bits per heavy atom. The summed E-state index contributed by atoms with van der Waals surface area (Å²) >= 11 is 0. The van der Waals surface area contributed by atoms with Gasteiger partial charge in [-0.05, 0) is 32.2 Å². The van der Waals surface area contributed by atoms with Crippen molar-refractivity contribution in [3.05, 3.63) is 18.2 Å². The summed E-state index contributed by atoms with van der Waals surface area (Å²) in [4.78, 5) is 7.34. The predicted molar refractivity (Wildman–Crippen MR) is 57.2 cm³/mol. The third-order valence-corrected chi connectivity index (χ3v) is 3.50. The zero-order valence-corrected chi connectivity index (χ0v) is 8.96. The van der Waals surface area contributed by atoms with Crippen molar-refractivity contribution < 1.29 is 0 Å². The molecule has 1 fully saturated rings. The Balaban J connectivity index is 2.02. The molecule has 1 aromatic rings. The van der Waals surface area contributed by atoms with E-state index < -0.39 is 0 Å². The van der Waals surface area contributed by atoms with Gasteiger partial charge in [0.25, 0.3) is 0 Å². The van der Waals surface area contributed by atoms with Gasteiger partial charge in [-0.3, -0.25) is 0 Å². The minimum Gasteiger partial charge on any atom is -0.348 e. The van der Waals surface area contributed by atoms with Crippen LogP contribution >= 0.6 is 0 Å². The minimum atomic E-state index is 0.682. The van der Waals surface area contributed by atoms with Crippen LogP contribution in [-0.4, -0.2) is 23.1 Å². The standard InChI is InChI=1S/C11H19N3/c1-8-5-9(12-2)3-4-10(8)11-6-13-7-14-11/h6-10,12H,3-5H2,1-2H3,(H,13,14). The molecule has 0 amide bonds. The molecule has 2 N–H and O–H groups in total. The van der Waals surface area contributed by atoms with E-state index in [1.807, 2.05) is 6.20 Å². The molecule has 3 atom stereocenters. The number of hydrogen-bond donors (Lipinski definition) is 2. The number of aromatic nitrogens is 2. The molecule has 0 radical (unpaired) electrons. The number of H-pyrrole nitrogens is 1. The molecule has 1 aromatic heterocycles. The minimum absolute atomic E-state index is 0.682. The van der Waals surface area contributed by atoms with Crippen molar-refractivity contribution in [1.29, 1.82) is 0 Å². The van der Waals surface area contributed by atoms with E-state index in [-0.39, 0.29) is 0 Å². The summed E-state index contributed by atoms with van der Waals surface area (Å²) < 4.78 is 0. The number of rotatable bonds is 2. The van der Waals surface area contributed by atoms with Crippen LogP contribution < -0.4 is 5.32 Å². The van der Waals surface area contributed by atoms with E-state index in [9.17, 15) is 0 Å². The van der Waals surface area contributed by atoms with E-state index in [2.05, 4.69) is 29.3 Å². The summed E-state index contributed by atoms with van der Waals surface area (Å²) in [6.07, 6.45) is 7.59. The number of nitrogens with zero attached hydrogens (tertiary/aromatic N) is 1. The van der Waals surface area contributed by atoms with Gasteiger partial charge < -0.3 is 10.3 Å². The van der Waals surface area contributed by atoms with Gasteiger partial charge in [0.05, 0.1) is 6.33 Å². The molecular weight excluding hydrogens is 174 g/mol. The summed E-state index contributed by atoms with van der Waals surface area (Å²) in [6.45, 7) is 2.34. The number of imidazole rings is 1. The zero-order chi connectivity index (χ0) is 9.97. The summed E-state index contributed by atoms with van der Waals surface area (Å²) in [7, 11) is 2.06. The summed E-state index contributed by atoms with van der Waals surface area (Å²) in [5.41, 5.74) is 1.31. The molecule has 0 aliphatic heterocycles. The van der Waals surface area contributed by atoms with Gasteiger partial charge in [-0.25, -0.2) is 4.98 Å². The van der Waals surface area contributed by atoms with Gasteiger partial charge in [-0.15, -0.1) is 0 Å². The Labute approximate surface area is 85.3 Å². The van der Waals surface area contributed by atoms with Crippen molar-refractivity contribution in [2.24, 2.45) is 5.92 Å². The average Bonchev–Trinajstić information content (AvgIpc) is 2.70. The van der Waals surface area contributed by atoms with Gasteiger partial charge in [-0.1, -0.05) is 6.92 Å². The Hall–Kier alpha value is -0.830.